The summed E-state index contributed by atoms with van der Waals surface area (Å²) >= 11 is 0. The number of hydrogen-bond acceptors (Lipinski definition) is 0. The van der Waals surface area contributed by atoms with Crippen molar-refractivity contribution in [2.75, 3.05) is 0 Å². The molecule has 1 aromatic carbocycles. The molecule has 15 heavy (non-hydrogen) atoms. The lowest BCUT2D eigenvalue weighted by atomic mass is 9.83. The van der Waals surface area contributed by atoms with E-state index in [0.29, 0.717) is 6.07 Å². The van der Waals surface area contributed by atoms with Gasteiger partial charge in [-0.25, -0.2) is 4.39 Å². The topological polar surface area (TPSA) is 0 Å². The van der Waals surface area contributed by atoms with Crippen molar-refractivity contribution in [2.24, 2.45) is 0 Å². The zero-order valence-electron chi connectivity index (χ0n) is 8.74. The quantitative estimate of drug-likeness (QED) is 0.576. The Morgan fingerprint density at radius 1 is 0.933 bits per heavy atom. The number of alkyl halides is 3. The van der Waals surface area contributed by atoms with Gasteiger partial charge in [0.15, 0.2) is 0 Å². The van der Waals surface area contributed by atoms with Crippen molar-refractivity contribution >= 4 is 0 Å². The van der Waals surface area contributed by atoms with E-state index in [4.69, 9.17) is 0 Å². The van der Waals surface area contributed by atoms with Crippen molar-refractivity contribution in [3.05, 3.63) is 35.1 Å². The Hall–Kier alpha value is -1.06. The van der Waals surface area contributed by atoms with Gasteiger partial charge in [-0.2, -0.15) is 13.2 Å². The van der Waals surface area contributed by atoms with Gasteiger partial charge in [0.25, 0.3) is 0 Å². The molecule has 0 saturated carbocycles. The van der Waals surface area contributed by atoms with Gasteiger partial charge >= 0.3 is 6.18 Å². The van der Waals surface area contributed by atoms with Crippen molar-refractivity contribution in [1.29, 1.82) is 0 Å². The van der Waals surface area contributed by atoms with Gasteiger partial charge in [0.05, 0.1) is 5.56 Å². The van der Waals surface area contributed by atoms with E-state index in [0.717, 1.165) is 6.07 Å². The maximum absolute atomic E-state index is 12.8. The Labute approximate surface area is 85.9 Å². The minimum atomic E-state index is -4.51. The molecular weight excluding hydrogens is 208 g/mol. The molecule has 1 rings (SSSR count). The summed E-state index contributed by atoms with van der Waals surface area (Å²) in [5.74, 6) is -0.865. The van der Waals surface area contributed by atoms with Crippen LogP contribution in [0.15, 0.2) is 18.2 Å². The smallest absolute Gasteiger partial charge is 0.207 e. The van der Waals surface area contributed by atoms with E-state index in [1.807, 2.05) is 0 Å². The summed E-state index contributed by atoms with van der Waals surface area (Å²) in [5.41, 5.74) is -1.44. The van der Waals surface area contributed by atoms with Gasteiger partial charge < -0.3 is 0 Å². The molecule has 84 valence electrons. The molecule has 0 spiro atoms. The van der Waals surface area contributed by atoms with Crippen LogP contribution >= 0.6 is 0 Å². The fraction of sp³-hybridized carbons (Fsp3) is 0.455. The number of halogens is 4. The monoisotopic (exact) mass is 220 g/mol. The van der Waals surface area contributed by atoms with Crippen LogP contribution < -0.4 is 0 Å². The zero-order valence-corrected chi connectivity index (χ0v) is 8.74. The van der Waals surface area contributed by atoms with Gasteiger partial charge in [-0.05, 0) is 23.1 Å². The molecule has 0 heterocycles. The van der Waals surface area contributed by atoms with Crippen molar-refractivity contribution in [3.8, 4) is 0 Å². The maximum Gasteiger partial charge on any atom is 0.416 e. The first kappa shape index (κ1) is 12.0. The zero-order chi connectivity index (χ0) is 11.9. The van der Waals surface area contributed by atoms with Crippen LogP contribution in [0.25, 0.3) is 0 Å². The van der Waals surface area contributed by atoms with Crippen LogP contribution in [-0.4, -0.2) is 0 Å². The van der Waals surface area contributed by atoms with Gasteiger partial charge in [0, 0.05) is 0 Å². The van der Waals surface area contributed by atoms with Crippen LogP contribution in [0.2, 0.25) is 0 Å². The Kier molecular flexibility index (Phi) is 2.81. The lowest BCUT2D eigenvalue weighted by Gasteiger charge is -2.24. The number of benzene rings is 1. The van der Waals surface area contributed by atoms with Crippen LogP contribution in [0.3, 0.4) is 0 Å². The summed E-state index contributed by atoms with van der Waals surface area (Å²) in [6.07, 6.45) is -4.51. The minimum absolute atomic E-state index is 0.108. The molecule has 0 saturated heterocycles. The van der Waals surface area contributed by atoms with Crippen LogP contribution in [0, 0.1) is 5.82 Å². The van der Waals surface area contributed by atoms with Gasteiger partial charge in [0.1, 0.15) is 5.82 Å². The summed E-state index contributed by atoms with van der Waals surface area (Å²) in [4.78, 5) is 0. The Balaban J connectivity index is 3.41. The number of hydrogen-bond donors (Lipinski definition) is 0. The van der Waals surface area contributed by atoms with Crippen LogP contribution in [0.1, 0.15) is 31.9 Å². The third-order valence-corrected chi connectivity index (χ3v) is 2.10. The summed E-state index contributed by atoms with van der Waals surface area (Å²) in [6, 6.07) is 2.79. The second-order valence-corrected chi connectivity index (χ2v) is 4.44. The van der Waals surface area contributed by atoms with E-state index in [1.54, 1.807) is 20.8 Å². The third-order valence-electron chi connectivity index (χ3n) is 2.10. The normalized spacial score (nSPS) is 13.0. The largest absolute Gasteiger partial charge is 0.416 e. The van der Waals surface area contributed by atoms with Gasteiger partial charge in [-0.3, -0.25) is 0 Å². The predicted octanol–water partition coefficient (Wildman–Crippen LogP) is 4.14. The molecule has 0 fully saturated rings. The predicted molar refractivity (Wildman–Crippen MR) is 50.1 cm³/mol. The third kappa shape index (κ3) is 2.70. The SMILES string of the molecule is CC(C)(C)c1ccc(F)cc1C(F)(F)F. The van der Waals surface area contributed by atoms with Gasteiger partial charge in [0.2, 0.25) is 0 Å². The minimum Gasteiger partial charge on any atom is -0.207 e. The molecule has 0 aliphatic rings. The van der Waals surface area contributed by atoms with E-state index in [9.17, 15) is 17.6 Å². The molecule has 0 aromatic heterocycles. The summed E-state index contributed by atoms with van der Waals surface area (Å²) in [7, 11) is 0. The fourth-order valence-corrected chi connectivity index (χ4v) is 1.41. The molecule has 0 N–H and O–H groups in total. The fourth-order valence-electron chi connectivity index (χ4n) is 1.41. The maximum atomic E-state index is 12.8. The molecule has 0 aliphatic carbocycles. The molecular formula is C11H12F4. The standard InChI is InChI=1S/C11H12F4/c1-10(2,3)8-5-4-7(12)6-9(8)11(13,14)15/h4-6H,1-3H3. The highest BCUT2D eigenvalue weighted by Crippen LogP contribution is 2.37. The summed E-state index contributed by atoms with van der Waals surface area (Å²) < 4.78 is 50.5. The molecule has 0 amide bonds. The average Bonchev–Trinajstić information content (AvgIpc) is 2.00. The van der Waals surface area contributed by atoms with Gasteiger partial charge in [-0.1, -0.05) is 26.8 Å². The lowest BCUT2D eigenvalue weighted by Crippen LogP contribution is -2.19. The van der Waals surface area contributed by atoms with Crippen molar-refractivity contribution in [3.63, 3.8) is 0 Å². The Morgan fingerprint density at radius 3 is 1.87 bits per heavy atom. The van der Waals surface area contributed by atoms with Crippen molar-refractivity contribution in [2.45, 2.75) is 32.4 Å². The highest BCUT2D eigenvalue weighted by Gasteiger charge is 2.36. The Morgan fingerprint density at radius 2 is 1.47 bits per heavy atom. The number of rotatable bonds is 0. The van der Waals surface area contributed by atoms with Crippen molar-refractivity contribution < 1.29 is 17.6 Å². The second kappa shape index (κ2) is 3.51. The van der Waals surface area contributed by atoms with E-state index in [-0.39, 0.29) is 5.56 Å². The van der Waals surface area contributed by atoms with Crippen LogP contribution in [0.5, 0.6) is 0 Å². The molecule has 4 heteroatoms. The first-order valence-corrected chi connectivity index (χ1v) is 4.49. The molecule has 0 aliphatic heterocycles. The van der Waals surface area contributed by atoms with Crippen LogP contribution in [0.4, 0.5) is 17.6 Å². The summed E-state index contributed by atoms with van der Waals surface area (Å²) in [6.45, 7) is 4.99. The Bertz CT molecular complexity index is 358. The first-order chi connectivity index (χ1) is 6.62. The molecule has 0 nitrogen and oxygen atoms in total. The first-order valence-electron chi connectivity index (χ1n) is 4.49. The van der Waals surface area contributed by atoms with E-state index in [1.165, 1.54) is 6.07 Å². The summed E-state index contributed by atoms with van der Waals surface area (Å²) in [5, 5.41) is 0. The highest BCUT2D eigenvalue weighted by molar-refractivity contribution is 5.35. The van der Waals surface area contributed by atoms with E-state index in [2.05, 4.69) is 0 Å². The van der Waals surface area contributed by atoms with Crippen LogP contribution in [-0.2, 0) is 11.6 Å². The lowest BCUT2D eigenvalue weighted by molar-refractivity contribution is -0.138. The molecule has 0 atom stereocenters. The van der Waals surface area contributed by atoms with E-state index >= 15 is 0 Å². The van der Waals surface area contributed by atoms with E-state index < -0.39 is 23.0 Å². The highest BCUT2D eigenvalue weighted by atomic mass is 19.4. The molecule has 0 bridgehead atoms. The molecule has 1 aromatic rings. The van der Waals surface area contributed by atoms with Gasteiger partial charge in [-0.15, -0.1) is 0 Å². The average molecular weight is 220 g/mol. The molecule has 0 unspecified atom stereocenters. The second-order valence-electron chi connectivity index (χ2n) is 4.44. The molecule has 0 radical (unpaired) electrons. The van der Waals surface area contributed by atoms with Crippen molar-refractivity contribution in [1.82, 2.24) is 0 Å².